The highest BCUT2D eigenvalue weighted by Crippen LogP contribution is 2.24. The number of aliphatic hydroxyl groups is 1. The van der Waals surface area contributed by atoms with Crippen molar-refractivity contribution in [3.63, 3.8) is 0 Å². The molecule has 1 aliphatic carbocycles. The van der Waals surface area contributed by atoms with E-state index in [0.717, 1.165) is 18.5 Å². The van der Waals surface area contributed by atoms with E-state index in [1.807, 2.05) is 12.1 Å². The third-order valence-electron chi connectivity index (χ3n) is 3.01. The minimum Gasteiger partial charge on any atom is -0.394 e. The number of hydrogen-bond acceptors (Lipinski definition) is 2. The largest absolute Gasteiger partial charge is 0.394 e. The lowest BCUT2D eigenvalue weighted by molar-refractivity contribution is 0.229. The molecule has 0 spiro atoms. The number of rotatable bonds is 3. The molecule has 17 heavy (non-hydrogen) atoms. The van der Waals surface area contributed by atoms with Gasteiger partial charge in [-0.15, -0.1) is 0 Å². The van der Waals surface area contributed by atoms with Crippen molar-refractivity contribution in [3.05, 3.63) is 29.3 Å². The highest BCUT2D eigenvalue weighted by Gasteiger charge is 2.12. The molecule has 0 heterocycles. The number of nitrogens with one attached hydrogen (secondary N) is 2. The van der Waals surface area contributed by atoms with E-state index in [-0.39, 0.29) is 18.7 Å². The third-order valence-corrected chi connectivity index (χ3v) is 3.01. The molecule has 2 rings (SSSR count). The molecule has 0 fully saturated rings. The molecule has 0 saturated carbocycles. The molecule has 1 atom stereocenters. The van der Waals surface area contributed by atoms with Crippen molar-refractivity contribution in [2.24, 2.45) is 0 Å². The Hall–Kier alpha value is -1.55. The molecule has 92 valence electrons. The zero-order chi connectivity index (χ0) is 12.3. The Bertz CT molecular complexity index is 418. The number of aryl methyl sites for hydroxylation is 2. The maximum atomic E-state index is 11.5. The fourth-order valence-corrected chi connectivity index (χ4v) is 2.09. The summed E-state index contributed by atoms with van der Waals surface area (Å²) in [6.45, 7) is 1.69. The van der Waals surface area contributed by atoms with Crippen LogP contribution in [0.5, 0.6) is 0 Å². The Kier molecular flexibility index (Phi) is 3.64. The van der Waals surface area contributed by atoms with Crippen LogP contribution >= 0.6 is 0 Å². The zero-order valence-electron chi connectivity index (χ0n) is 9.99. The van der Waals surface area contributed by atoms with Crippen LogP contribution in [0.15, 0.2) is 18.2 Å². The Labute approximate surface area is 101 Å². The van der Waals surface area contributed by atoms with Crippen LogP contribution in [0.4, 0.5) is 10.5 Å². The molecule has 2 amide bonds. The molecule has 0 unspecified atom stereocenters. The number of carbonyl (C=O) groups excluding carboxylic acids is 1. The fourth-order valence-electron chi connectivity index (χ4n) is 2.09. The number of carbonyl (C=O) groups is 1. The molecule has 1 aliphatic rings. The Morgan fingerprint density at radius 1 is 1.41 bits per heavy atom. The van der Waals surface area contributed by atoms with E-state index >= 15 is 0 Å². The van der Waals surface area contributed by atoms with Gasteiger partial charge >= 0.3 is 6.03 Å². The summed E-state index contributed by atoms with van der Waals surface area (Å²) < 4.78 is 0. The molecule has 4 nitrogen and oxygen atoms in total. The smallest absolute Gasteiger partial charge is 0.319 e. The van der Waals surface area contributed by atoms with Gasteiger partial charge in [0.1, 0.15) is 0 Å². The summed E-state index contributed by atoms with van der Waals surface area (Å²) in [7, 11) is 0. The number of amides is 2. The molecule has 0 aromatic heterocycles. The first-order valence-electron chi connectivity index (χ1n) is 5.99. The van der Waals surface area contributed by atoms with Crippen LogP contribution in [0.1, 0.15) is 24.5 Å². The number of benzene rings is 1. The maximum absolute atomic E-state index is 11.5. The normalized spacial score (nSPS) is 15.2. The first kappa shape index (κ1) is 11.9. The first-order chi connectivity index (χ1) is 8.19. The lowest BCUT2D eigenvalue weighted by Crippen LogP contribution is -2.38. The van der Waals surface area contributed by atoms with Gasteiger partial charge in [0.15, 0.2) is 0 Å². The fraction of sp³-hybridized carbons (Fsp3) is 0.462. The Morgan fingerprint density at radius 3 is 2.94 bits per heavy atom. The lowest BCUT2D eigenvalue weighted by Gasteiger charge is -2.12. The van der Waals surface area contributed by atoms with Gasteiger partial charge in [-0.05, 0) is 49.4 Å². The molecule has 0 saturated heterocycles. The van der Waals surface area contributed by atoms with Crippen LogP contribution in [0.3, 0.4) is 0 Å². The topological polar surface area (TPSA) is 61.4 Å². The summed E-state index contributed by atoms with van der Waals surface area (Å²) in [5.41, 5.74) is 3.53. The summed E-state index contributed by atoms with van der Waals surface area (Å²) in [5.74, 6) is 0. The second-order valence-corrected chi connectivity index (χ2v) is 4.52. The number of fused-ring (bicyclic) bond motifs is 1. The van der Waals surface area contributed by atoms with Gasteiger partial charge in [-0.2, -0.15) is 0 Å². The van der Waals surface area contributed by atoms with Gasteiger partial charge in [-0.25, -0.2) is 4.79 Å². The van der Waals surface area contributed by atoms with Gasteiger partial charge < -0.3 is 15.7 Å². The first-order valence-corrected chi connectivity index (χ1v) is 5.99. The van der Waals surface area contributed by atoms with Crippen molar-refractivity contribution >= 4 is 11.7 Å². The van der Waals surface area contributed by atoms with Crippen molar-refractivity contribution in [1.82, 2.24) is 5.32 Å². The van der Waals surface area contributed by atoms with E-state index in [9.17, 15) is 4.79 Å². The minimum atomic E-state index is -0.274. The van der Waals surface area contributed by atoms with Crippen LogP contribution in [-0.2, 0) is 12.8 Å². The van der Waals surface area contributed by atoms with E-state index in [2.05, 4.69) is 16.7 Å². The van der Waals surface area contributed by atoms with Crippen molar-refractivity contribution in [1.29, 1.82) is 0 Å². The number of anilines is 1. The molecular weight excluding hydrogens is 216 g/mol. The van der Waals surface area contributed by atoms with Gasteiger partial charge in [0.05, 0.1) is 12.6 Å². The van der Waals surface area contributed by atoms with Gasteiger partial charge in [0.25, 0.3) is 0 Å². The average molecular weight is 234 g/mol. The molecular formula is C13H18N2O2. The van der Waals surface area contributed by atoms with Gasteiger partial charge in [-0.3, -0.25) is 0 Å². The molecule has 1 aromatic carbocycles. The van der Waals surface area contributed by atoms with E-state index in [1.54, 1.807) is 6.92 Å². The quantitative estimate of drug-likeness (QED) is 0.745. The minimum absolute atomic E-state index is 0.0579. The van der Waals surface area contributed by atoms with Gasteiger partial charge in [0, 0.05) is 5.69 Å². The van der Waals surface area contributed by atoms with E-state index < -0.39 is 0 Å². The average Bonchev–Trinajstić information content (AvgIpc) is 2.75. The summed E-state index contributed by atoms with van der Waals surface area (Å²) in [6.07, 6.45) is 3.44. The van der Waals surface area contributed by atoms with E-state index in [0.29, 0.717) is 0 Å². The zero-order valence-corrected chi connectivity index (χ0v) is 9.99. The van der Waals surface area contributed by atoms with Crippen molar-refractivity contribution in [2.75, 3.05) is 11.9 Å². The van der Waals surface area contributed by atoms with Crippen molar-refractivity contribution in [3.8, 4) is 0 Å². The Balaban J connectivity index is 1.97. The highest BCUT2D eigenvalue weighted by atomic mass is 16.3. The molecule has 0 bridgehead atoms. The second-order valence-electron chi connectivity index (χ2n) is 4.52. The predicted molar refractivity (Wildman–Crippen MR) is 67.2 cm³/mol. The molecule has 0 radical (unpaired) electrons. The third kappa shape index (κ3) is 2.97. The predicted octanol–water partition coefficient (Wildman–Crippen LogP) is 1.68. The summed E-state index contributed by atoms with van der Waals surface area (Å²) in [4.78, 5) is 11.5. The van der Waals surface area contributed by atoms with Crippen LogP contribution < -0.4 is 10.6 Å². The standard InChI is InChI=1S/C13H18N2O2/c1-9(8-16)14-13(17)15-12-6-5-10-3-2-4-11(10)7-12/h5-7,9,16H,2-4,8H2,1H3,(H2,14,15,17)/t9-/m1/s1. The van der Waals surface area contributed by atoms with Crippen LogP contribution in [0.25, 0.3) is 0 Å². The summed E-state index contributed by atoms with van der Waals surface area (Å²) in [5, 5.41) is 14.3. The van der Waals surface area contributed by atoms with Crippen LogP contribution in [0, 0.1) is 0 Å². The monoisotopic (exact) mass is 234 g/mol. The van der Waals surface area contributed by atoms with Crippen LogP contribution in [-0.4, -0.2) is 23.8 Å². The number of aliphatic hydroxyl groups excluding tert-OH is 1. The summed E-state index contributed by atoms with van der Waals surface area (Å²) in [6, 6.07) is 5.53. The van der Waals surface area contributed by atoms with Crippen molar-refractivity contribution in [2.45, 2.75) is 32.2 Å². The summed E-state index contributed by atoms with van der Waals surface area (Å²) >= 11 is 0. The molecule has 3 N–H and O–H groups in total. The molecule has 1 aromatic rings. The van der Waals surface area contributed by atoms with Gasteiger partial charge in [0.2, 0.25) is 0 Å². The maximum Gasteiger partial charge on any atom is 0.319 e. The lowest BCUT2D eigenvalue weighted by atomic mass is 10.1. The number of hydrogen-bond donors (Lipinski definition) is 3. The highest BCUT2D eigenvalue weighted by molar-refractivity contribution is 5.89. The molecule has 0 aliphatic heterocycles. The number of urea groups is 1. The van der Waals surface area contributed by atoms with Crippen molar-refractivity contribution < 1.29 is 9.90 Å². The van der Waals surface area contributed by atoms with Crippen LogP contribution in [0.2, 0.25) is 0 Å². The second kappa shape index (κ2) is 5.19. The van der Waals surface area contributed by atoms with Gasteiger partial charge in [-0.1, -0.05) is 6.07 Å². The Morgan fingerprint density at radius 2 is 2.18 bits per heavy atom. The molecule has 4 heteroatoms. The SMILES string of the molecule is C[C@H](CO)NC(=O)Nc1ccc2c(c1)CCC2. The van der Waals surface area contributed by atoms with E-state index in [4.69, 9.17) is 5.11 Å². The van der Waals surface area contributed by atoms with E-state index in [1.165, 1.54) is 17.5 Å².